The first-order valence-corrected chi connectivity index (χ1v) is 11.0. The van der Waals surface area contributed by atoms with Crippen LogP contribution in [0, 0.1) is 0 Å². The number of hydrogen-bond acceptors (Lipinski definition) is 3. The maximum atomic E-state index is 13.3. The van der Waals surface area contributed by atoms with Crippen LogP contribution in [0.2, 0.25) is 0 Å². The third kappa shape index (κ3) is 5.20. The lowest BCUT2D eigenvalue weighted by atomic mass is 10.0. The van der Waals surface area contributed by atoms with Crippen LogP contribution in [-0.4, -0.2) is 11.8 Å². The third-order valence-corrected chi connectivity index (χ3v) is 5.99. The number of benzene rings is 3. The van der Waals surface area contributed by atoms with Gasteiger partial charge in [-0.1, -0.05) is 91.0 Å². The molecule has 4 nitrogen and oxygen atoms in total. The van der Waals surface area contributed by atoms with Gasteiger partial charge in [-0.25, -0.2) is 0 Å². The number of carbonyl (C=O) groups is 2. The Balaban J connectivity index is 1.66. The lowest BCUT2D eigenvalue weighted by Crippen LogP contribution is -2.17. The summed E-state index contributed by atoms with van der Waals surface area (Å²) in [6.07, 6.45) is 2.50. The molecule has 5 heteroatoms. The van der Waals surface area contributed by atoms with Crippen molar-refractivity contribution >= 4 is 39.8 Å². The second-order valence-electron chi connectivity index (χ2n) is 7.27. The summed E-state index contributed by atoms with van der Waals surface area (Å²) in [5.41, 5.74) is 9.25. The Morgan fingerprint density at radius 1 is 0.844 bits per heavy atom. The highest BCUT2D eigenvalue weighted by molar-refractivity contribution is 7.16. The molecule has 3 aromatic carbocycles. The Labute approximate surface area is 191 Å². The molecule has 32 heavy (non-hydrogen) atoms. The number of hydrogen-bond donors (Lipinski definition) is 2. The quantitative estimate of drug-likeness (QED) is 0.290. The van der Waals surface area contributed by atoms with Crippen molar-refractivity contribution in [1.82, 2.24) is 0 Å². The summed E-state index contributed by atoms with van der Waals surface area (Å²) in [5, 5.41) is 3.39. The van der Waals surface area contributed by atoms with Crippen LogP contribution >= 0.6 is 11.3 Å². The van der Waals surface area contributed by atoms with E-state index < -0.39 is 5.91 Å². The molecular weight excluding hydrogens is 416 g/mol. The van der Waals surface area contributed by atoms with Gasteiger partial charge in [0.2, 0.25) is 0 Å². The minimum atomic E-state index is -0.566. The molecule has 0 aliphatic rings. The van der Waals surface area contributed by atoms with E-state index in [2.05, 4.69) is 5.32 Å². The highest BCUT2D eigenvalue weighted by atomic mass is 32.1. The van der Waals surface area contributed by atoms with Crippen LogP contribution in [0.4, 0.5) is 5.00 Å². The highest BCUT2D eigenvalue weighted by Gasteiger charge is 2.19. The van der Waals surface area contributed by atoms with Crippen molar-refractivity contribution in [3.05, 3.63) is 124 Å². The summed E-state index contributed by atoms with van der Waals surface area (Å²) < 4.78 is 0. The maximum Gasteiger partial charge on any atom is 0.256 e. The van der Waals surface area contributed by atoms with Gasteiger partial charge in [0.05, 0.1) is 5.56 Å². The lowest BCUT2D eigenvalue weighted by Gasteiger charge is -2.10. The van der Waals surface area contributed by atoms with Gasteiger partial charge in [0.25, 0.3) is 11.8 Å². The fourth-order valence-electron chi connectivity index (χ4n) is 3.39. The molecule has 1 heterocycles. The zero-order chi connectivity index (χ0) is 22.3. The van der Waals surface area contributed by atoms with Crippen LogP contribution in [0.15, 0.2) is 97.1 Å². The van der Waals surface area contributed by atoms with Gasteiger partial charge in [-0.2, -0.15) is 0 Å². The Hall–Kier alpha value is -3.96. The van der Waals surface area contributed by atoms with E-state index in [0.717, 1.165) is 21.6 Å². The molecule has 0 spiro atoms. The smallest absolute Gasteiger partial charge is 0.256 e. The number of rotatable bonds is 7. The summed E-state index contributed by atoms with van der Waals surface area (Å²) in [7, 11) is 0. The Kier molecular flexibility index (Phi) is 6.58. The number of thiophene rings is 1. The first kappa shape index (κ1) is 21.3. The van der Waals surface area contributed by atoms with Crippen LogP contribution in [0.25, 0.3) is 11.6 Å². The van der Waals surface area contributed by atoms with Crippen LogP contribution in [0.5, 0.6) is 0 Å². The van der Waals surface area contributed by atoms with Gasteiger partial charge in [-0.15, -0.1) is 11.3 Å². The molecule has 3 N–H and O–H groups in total. The number of primary amides is 1. The average Bonchev–Trinajstić information content (AvgIpc) is 3.21. The van der Waals surface area contributed by atoms with Crippen molar-refractivity contribution in [2.75, 3.05) is 5.32 Å². The summed E-state index contributed by atoms with van der Waals surface area (Å²) in [6.45, 7) is 0. The molecule has 4 rings (SSSR count). The standard InChI is InChI=1S/C27H22N2O2S/c28-25(30)24-18-22(16-19-10-4-1-5-11-19)32-27(24)29-26(31)23(21-14-8-3-9-15-21)17-20-12-6-2-7-13-20/h1-15,17-18H,16H2,(H2,28,30)(H,29,31)/b23-17-. The highest BCUT2D eigenvalue weighted by Crippen LogP contribution is 2.31. The van der Waals surface area contributed by atoms with Crippen molar-refractivity contribution < 1.29 is 9.59 Å². The molecule has 0 saturated heterocycles. The molecule has 0 atom stereocenters. The monoisotopic (exact) mass is 438 g/mol. The van der Waals surface area contributed by atoms with Gasteiger partial charge in [0.15, 0.2) is 0 Å². The zero-order valence-electron chi connectivity index (χ0n) is 17.3. The molecule has 0 radical (unpaired) electrons. The molecule has 2 amide bonds. The summed E-state index contributed by atoms with van der Waals surface area (Å²) >= 11 is 1.37. The molecule has 0 saturated carbocycles. The third-order valence-electron chi connectivity index (χ3n) is 4.94. The predicted octanol–water partition coefficient (Wildman–Crippen LogP) is 5.62. The van der Waals surface area contributed by atoms with E-state index in [4.69, 9.17) is 5.73 Å². The van der Waals surface area contributed by atoms with E-state index in [-0.39, 0.29) is 5.91 Å². The van der Waals surface area contributed by atoms with Gasteiger partial charge in [0.1, 0.15) is 5.00 Å². The average molecular weight is 439 g/mol. The molecular formula is C27H22N2O2S. The predicted molar refractivity (Wildman–Crippen MR) is 131 cm³/mol. The number of amides is 2. The molecule has 0 bridgehead atoms. The van der Waals surface area contributed by atoms with Crippen molar-refractivity contribution in [2.24, 2.45) is 5.73 Å². The Morgan fingerprint density at radius 3 is 2.06 bits per heavy atom. The van der Waals surface area contributed by atoms with Gasteiger partial charge in [-0.3, -0.25) is 9.59 Å². The fourth-order valence-corrected chi connectivity index (χ4v) is 4.48. The van der Waals surface area contributed by atoms with Crippen molar-refractivity contribution in [3.8, 4) is 0 Å². The normalized spacial score (nSPS) is 11.2. The Morgan fingerprint density at radius 2 is 1.44 bits per heavy atom. The summed E-state index contributed by atoms with van der Waals surface area (Å²) in [4.78, 5) is 26.4. The molecule has 4 aromatic rings. The minimum absolute atomic E-state index is 0.296. The van der Waals surface area contributed by atoms with Crippen molar-refractivity contribution in [2.45, 2.75) is 6.42 Å². The van der Waals surface area contributed by atoms with Crippen molar-refractivity contribution in [1.29, 1.82) is 0 Å². The van der Waals surface area contributed by atoms with E-state index in [1.807, 2.05) is 97.1 Å². The number of nitrogens with two attached hydrogens (primary N) is 1. The van der Waals surface area contributed by atoms with E-state index in [1.165, 1.54) is 11.3 Å². The van der Waals surface area contributed by atoms with Gasteiger partial charge in [0, 0.05) is 16.9 Å². The number of nitrogens with one attached hydrogen (secondary N) is 1. The Bertz CT molecular complexity index is 1250. The number of anilines is 1. The fraction of sp³-hybridized carbons (Fsp3) is 0.0370. The van der Waals surface area contributed by atoms with E-state index in [9.17, 15) is 9.59 Å². The zero-order valence-corrected chi connectivity index (χ0v) is 18.1. The van der Waals surface area contributed by atoms with Crippen LogP contribution in [0.3, 0.4) is 0 Å². The van der Waals surface area contributed by atoms with Crippen LogP contribution < -0.4 is 11.1 Å². The lowest BCUT2D eigenvalue weighted by molar-refractivity contribution is -0.111. The second kappa shape index (κ2) is 9.90. The first-order valence-electron chi connectivity index (χ1n) is 10.2. The summed E-state index contributed by atoms with van der Waals surface area (Å²) in [6, 6.07) is 30.8. The summed E-state index contributed by atoms with van der Waals surface area (Å²) in [5.74, 6) is -0.861. The molecule has 0 unspecified atom stereocenters. The minimum Gasteiger partial charge on any atom is -0.366 e. The SMILES string of the molecule is NC(=O)c1cc(Cc2ccccc2)sc1NC(=O)/C(=C\c1ccccc1)c1ccccc1. The van der Waals surface area contributed by atoms with Gasteiger partial charge < -0.3 is 11.1 Å². The van der Waals surface area contributed by atoms with Gasteiger partial charge >= 0.3 is 0 Å². The molecule has 0 aliphatic heterocycles. The second-order valence-corrected chi connectivity index (χ2v) is 8.41. The number of carbonyl (C=O) groups excluding carboxylic acids is 2. The molecule has 1 aromatic heterocycles. The topological polar surface area (TPSA) is 72.2 Å². The molecule has 0 fully saturated rings. The van der Waals surface area contributed by atoms with Gasteiger partial charge in [-0.05, 0) is 28.8 Å². The molecule has 0 aliphatic carbocycles. The maximum absolute atomic E-state index is 13.3. The first-order chi connectivity index (χ1) is 15.6. The van der Waals surface area contributed by atoms with E-state index in [0.29, 0.717) is 22.6 Å². The van der Waals surface area contributed by atoms with Crippen LogP contribution in [-0.2, 0) is 11.2 Å². The van der Waals surface area contributed by atoms with E-state index in [1.54, 1.807) is 6.07 Å². The van der Waals surface area contributed by atoms with Crippen molar-refractivity contribution in [3.63, 3.8) is 0 Å². The largest absolute Gasteiger partial charge is 0.366 e. The molecule has 158 valence electrons. The van der Waals surface area contributed by atoms with E-state index >= 15 is 0 Å². The van der Waals surface area contributed by atoms with Crippen LogP contribution in [0.1, 0.15) is 31.9 Å².